The Kier molecular flexibility index (Phi) is 4.90. The van der Waals surface area contributed by atoms with E-state index in [2.05, 4.69) is 0 Å². The van der Waals surface area contributed by atoms with Crippen molar-refractivity contribution in [3.63, 3.8) is 0 Å². The van der Waals surface area contributed by atoms with Crippen LogP contribution in [0.5, 0.6) is 11.5 Å². The molecule has 0 bridgehead atoms. The topological polar surface area (TPSA) is 44.5 Å². The first-order chi connectivity index (χ1) is 7.31. The lowest BCUT2D eigenvalue weighted by Gasteiger charge is -2.11. The van der Waals surface area contributed by atoms with E-state index in [9.17, 15) is 4.39 Å². The molecule has 0 heterocycles. The molecule has 0 unspecified atom stereocenters. The lowest BCUT2D eigenvalue weighted by molar-refractivity contribution is 0.270. The zero-order chi connectivity index (χ0) is 11.1. The number of alkyl halides is 1. The van der Waals surface area contributed by atoms with Crippen molar-refractivity contribution >= 4 is 0 Å². The van der Waals surface area contributed by atoms with Crippen LogP contribution in [0.1, 0.15) is 5.56 Å². The van der Waals surface area contributed by atoms with Gasteiger partial charge in [0, 0.05) is 0 Å². The summed E-state index contributed by atoms with van der Waals surface area (Å²) in [7, 11) is 1.60. The largest absolute Gasteiger partial charge is 0.497 e. The Morgan fingerprint density at radius 1 is 1.40 bits per heavy atom. The highest BCUT2D eigenvalue weighted by atomic mass is 19.1. The van der Waals surface area contributed by atoms with Crippen molar-refractivity contribution in [2.24, 2.45) is 5.73 Å². The van der Waals surface area contributed by atoms with Gasteiger partial charge in [0.25, 0.3) is 0 Å². The van der Waals surface area contributed by atoms with E-state index >= 15 is 0 Å². The summed E-state index contributed by atoms with van der Waals surface area (Å²) in [4.78, 5) is 0. The molecule has 2 N–H and O–H groups in total. The van der Waals surface area contributed by atoms with Crippen LogP contribution in [0.3, 0.4) is 0 Å². The van der Waals surface area contributed by atoms with E-state index < -0.39 is 6.67 Å². The molecule has 0 saturated carbocycles. The van der Waals surface area contributed by atoms with Gasteiger partial charge < -0.3 is 15.2 Å². The van der Waals surface area contributed by atoms with Crippen LogP contribution < -0.4 is 15.2 Å². The van der Waals surface area contributed by atoms with E-state index in [0.717, 1.165) is 11.3 Å². The minimum Gasteiger partial charge on any atom is -0.497 e. The highest BCUT2D eigenvalue weighted by Gasteiger charge is 2.04. The molecule has 0 fully saturated rings. The summed E-state index contributed by atoms with van der Waals surface area (Å²) < 4.78 is 22.3. The maximum atomic E-state index is 12.0. The number of methoxy groups -OCH3 is 1. The third-order valence-electron chi connectivity index (χ3n) is 2.02. The molecule has 0 aliphatic carbocycles. The summed E-state index contributed by atoms with van der Waals surface area (Å²) in [5.74, 6) is 1.44. The third-order valence-corrected chi connectivity index (χ3v) is 2.02. The molecule has 1 rings (SSSR count). The molecule has 0 aliphatic rings. The Morgan fingerprint density at radius 2 is 2.20 bits per heavy atom. The quantitative estimate of drug-likeness (QED) is 0.779. The number of rotatable bonds is 6. The molecule has 0 aliphatic heterocycles. The predicted molar refractivity (Wildman–Crippen MR) is 57.2 cm³/mol. The second kappa shape index (κ2) is 6.24. The Labute approximate surface area is 89.0 Å². The van der Waals surface area contributed by atoms with Gasteiger partial charge >= 0.3 is 0 Å². The average molecular weight is 213 g/mol. The van der Waals surface area contributed by atoms with Crippen LogP contribution in [0, 0.1) is 0 Å². The summed E-state index contributed by atoms with van der Waals surface area (Å²) in [6, 6.07) is 5.42. The van der Waals surface area contributed by atoms with Crippen molar-refractivity contribution in [1.82, 2.24) is 0 Å². The van der Waals surface area contributed by atoms with E-state index in [4.69, 9.17) is 15.2 Å². The van der Waals surface area contributed by atoms with Crippen LogP contribution in [0.15, 0.2) is 18.2 Å². The molecule has 0 amide bonds. The lowest BCUT2D eigenvalue weighted by Crippen LogP contribution is -2.07. The summed E-state index contributed by atoms with van der Waals surface area (Å²) in [5.41, 5.74) is 6.43. The van der Waals surface area contributed by atoms with Crippen molar-refractivity contribution in [2.45, 2.75) is 6.42 Å². The van der Waals surface area contributed by atoms with Crippen LogP contribution in [-0.2, 0) is 6.42 Å². The second-order valence-electron chi connectivity index (χ2n) is 3.05. The fraction of sp³-hybridized carbons (Fsp3) is 0.455. The van der Waals surface area contributed by atoms with Gasteiger partial charge in [0.15, 0.2) is 0 Å². The van der Waals surface area contributed by atoms with Crippen molar-refractivity contribution in [3.05, 3.63) is 23.8 Å². The van der Waals surface area contributed by atoms with E-state index in [1.165, 1.54) is 0 Å². The molecular formula is C11H16FNO2. The van der Waals surface area contributed by atoms with Crippen LogP contribution >= 0.6 is 0 Å². The molecule has 1 aromatic carbocycles. The smallest absolute Gasteiger partial charge is 0.123 e. The first kappa shape index (κ1) is 11.8. The van der Waals surface area contributed by atoms with Gasteiger partial charge in [0.05, 0.1) is 7.11 Å². The van der Waals surface area contributed by atoms with Crippen LogP contribution in [0.2, 0.25) is 0 Å². The number of benzene rings is 1. The number of hydrogen-bond donors (Lipinski definition) is 1. The number of halogens is 1. The monoisotopic (exact) mass is 213 g/mol. The Bertz CT molecular complexity index is 305. The first-order valence-corrected chi connectivity index (χ1v) is 4.87. The van der Waals surface area contributed by atoms with Gasteiger partial charge in [-0.15, -0.1) is 0 Å². The molecule has 3 nitrogen and oxygen atoms in total. The van der Waals surface area contributed by atoms with Gasteiger partial charge in [-0.05, 0) is 36.7 Å². The third kappa shape index (κ3) is 3.40. The molecule has 0 aromatic heterocycles. The van der Waals surface area contributed by atoms with Gasteiger partial charge in [0.1, 0.15) is 24.8 Å². The molecule has 0 saturated heterocycles. The normalized spacial score (nSPS) is 10.1. The zero-order valence-electron chi connectivity index (χ0n) is 8.83. The van der Waals surface area contributed by atoms with Crippen LogP contribution in [0.4, 0.5) is 4.39 Å². The maximum Gasteiger partial charge on any atom is 0.123 e. The fourth-order valence-corrected chi connectivity index (χ4v) is 1.32. The molecule has 0 radical (unpaired) electrons. The molecule has 84 valence electrons. The van der Waals surface area contributed by atoms with Crippen molar-refractivity contribution in [2.75, 3.05) is 26.9 Å². The van der Waals surface area contributed by atoms with Crippen molar-refractivity contribution in [3.8, 4) is 11.5 Å². The standard InChI is InChI=1S/C11H16FNO2/c1-14-10-2-3-11(15-7-5-12)9(8-10)4-6-13/h2-3,8H,4-7,13H2,1H3. The molecular weight excluding hydrogens is 197 g/mol. The highest BCUT2D eigenvalue weighted by Crippen LogP contribution is 2.24. The first-order valence-electron chi connectivity index (χ1n) is 4.87. The lowest BCUT2D eigenvalue weighted by atomic mass is 10.1. The summed E-state index contributed by atoms with van der Waals surface area (Å²) in [6.45, 7) is 0.108. The van der Waals surface area contributed by atoms with E-state index in [0.29, 0.717) is 18.7 Å². The van der Waals surface area contributed by atoms with Gasteiger partial charge in [-0.25, -0.2) is 4.39 Å². The average Bonchev–Trinajstić information content (AvgIpc) is 2.27. The zero-order valence-corrected chi connectivity index (χ0v) is 8.83. The number of hydrogen-bond acceptors (Lipinski definition) is 3. The van der Waals surface area contributed by atoms with Crippen LogP contribution in [-0.4, -0.2) is 26.9 Å². The predicted octanol–water partition coefficient (Wildman–Crippen LogP) is 1.54. The minimum atomic E-state index is -0.492. The van der Waals surface area contributed by atoms with E-state index in [1.54, 1.807) is 19.2 Å². The molecule has 1 aromatic rings. The molecule has 15 heavy (non-hydrogen) atoms. The van der Waals surface area contributed by atoms with Crippen LogP contribution in [0.25, 0.3) is 0 Å². The van der Waals surface area contributed by atoms with Gasteiger partial charge in [-0.2, -0.15) is 0 Å². The van der Waals surface area contributed by atoms with Gasteiger partial charge in [-0.3, -0.25) is 0 Å². The Balaban J connectivity index is 2.82. The maximum absolute atomic E-state index is 12.0. The van der Waals surface area contributed by atoms with Crippen molar-refractivity contribution in [1.29, 1.82) is 0 Å². The van der Waals surface area contributed by atoms with E-state index in [1.807, 2.05) is 6.07 Å². The summed E-state index contributed by atoms with van der Waals surface area (Å²) in [6.07, 6.45) is 0.693. The number of ether oxygens (including phenoxy) is 2. The minimum absolute atomic E-state index is 0.0733. The second-order valence-corrected chi connectivity index (χ2v) is 3.05. The van der Waals surface area contributed by atoms with E-state index in [-0.39, 0.29) is 6.61 Å². The summed E-state index contributed by atoms with van der Waals surface area (Å²) >= 11 is 0. The number of nitrogens with two attached hydrogens (primary N) is 1. The van der Waals surface area contributed by atoms with Gasteiger partial charge in [-0.1, -0.05) is 0 Å². The van der Waals surface area contributed by atoms with Gasteiger partial charge in [0.2, 0.25) is 0 Å². The Hall–Kier alpha value is -1.29. The molecule has 0 atom stereocenters. The highest BCUT2D eigenvalue weighted by molar-refractivity contribution is 5.40. The van der Waals surface area contributed by atoms with Crippen molar-refractivity contribution < 1.29 is 13.9 Å². The fourth-order valence-electron chi connectivity index (χ4n) is 1.32. The SMILES string of the molecule is COc1ccc(OCCF)c(CCN)c1. The summed E-state index contributed by atoms with van der Waals surface area (Å²) in [5, 5.41) is 0. The molecule has 4 heteroatoms. The Morgan fingerprint density at radius 3 is 2.80 bits per heavy atom. The molecule has 0 spiro atoms.